The van der Waals surface area contributed by atoms with E-state index < -0.39 is 0 Å². The van der Waals surface area contributed by atoms with Gasteiger partial charge in [0, 0.05) is 23.1 Å². The molecule has 0 saturated carbocycles. The van der Waals surface area contributed by atoms with E-state index >= 15 is 0 Å². The molecule has 0 amide bonds. The van der Waals surface area contributed by atoms with Crippen LogP contribution in [0.5, 0.6) is 0 Å². The van der Waals surface area contributed by atoms with Crippen molar-refractivity contribution in [1.29, 1.82) is 0 Å². The molecule has 33 heavy (non-hydrogen) atoms. The second-order valence-electron chi connectivity index (χ2n) is 7.61. The fraction of sp³-hybridized carbons (Fsp3) is 0.129. The average Bonchev–Trinajstić information content (AvgIpc) is 2.87. The third kappa shape index (κ3) is 6.36. The fourth-order valence-electron chi connectivity index (χ4n) is 3.41. The third-order valence-corrected chi connectivity index (χ3v) is 5.19. The van der Waals surface area contributed by atoms with Crippen molar-refractivity contribution < 1.29 is 9.53 Å². The molecule has 0 bridgehead atoms. The van der Waals surface area contributed by atoms with Crippen molar-refractivity contribution in [3.8, 4) is 23.7 Å². The van der Waals surface area contributed by atoms with E-state index in [0.29, 0.717) is 12.2 Å². The summed E-state index contributed by atoms with van der Waals surface area (Å²) in [6, 6.07) is 31.5. The topological polar surface area (TPSA) is 26.3 Å². The Morgan fingerprint density at radius 1 is 0.667 bits per heavy atom. The number of esters is 1. The summed E-state index contributed by atoms with van der Waals surface area (Å²) in [5.41, 5.74) is 3.41. The molecular formula is C31H24O2. The van der Waals surface area contributed by atoms with E-state index in [-0.39, 0.29) is 5.97 Å². The Morgan fingerprint density at radius 2 is 1.39 bits per heavy atom. The van der Waals surface area contributed by atoms with Crippen LogP contribution in [0.15, 0.2) is 97.1 Å². The fourth-order valence-corrected chi connectivity index (χ4v) is 3.41. The molecule has 2 heteroatoms. The molecule has 2 nitrogen and oxygen atoms in total. The van der Waals surface area contributed by atoms with E-state index in [1.807, 2.05) is 66.7 Å². The van der Waals surface area contributed by atoms with E-state index in [4.69, 9.17) is 4.74 Å². The van der Waals surface area contributed by atoms with Gasteiger partial charge in [0.2, 0.25) is 0 Å². The van der Waals surface area contributed by atoms with E-state index in [0.717, 1.165) is 41.3 Å². The molecule has 0 N–H and O–H groups in total. The number of fused-ring (bicyclic) bond motifs is 1. The van der Waals surface area contributed by atoms with Gasteiger partial charge >= 0.3 is 5.97 Å². The maximum absolute atomic E-state index is 12.3. The summed E-state index contributed by atoms with van der Waals surface area (Å²) in [6.45, 7) is 0.397. The maximum Gasteiger partial charge on any atom is 0.338 e. The van der Waals surface area contributed by atoms with Crippen LogP contribution in [0.25, 0.3) is 10.8 Å². The molecule has 0 atom stereocenters. The summed E-state index contributed by atoms with van der Waals surface area (Å²) >= 11 is 0. The third-order valence-electron chi connectivity index (χ3n) is 5.19. The molecule has 4 aromatic rings. The van der Waals surface area contributed by atoms with Gasteiger partial charge < -0.3 is 4.74 Å². The summed E-state index contributed by atoms with van der Waals surface area (Å²) in [4.78, 5) is 12.3. The zero-order valence-corrected chi connectivity index (χ0v) is 18.4. The van der Waals surface area contributed by atoms with Crippen molar-refractivity contribution in [1.82, 2.24) is 0 Å². The largest absolute Gasteiger partial charge is 0.462 e. The lowest BCUT2D eigenvalue weighted by Crippen LogP contribution is -2.06. The van der Waals surface area contributed by atoms with Crippen molar-refractivity contribution in [3.63, 3.8) is 0 Å². The first-order chi connectivity index (χ1) is 16.3. The van der Waals surface area contributed by atoms with Crippen LogP contribution in [0, 0.1) is 23.7 Å². The summed E-state index contributed by atoms with van der Waals surface area (Å²) in [7, 11) is 0. The minimum atomic E-state index is -0.307. The van der Waals surface area contributed by atoms with Crippen molar-refractivity contribution >= 4 is 16.7 Å². The van der Waals surface area contributed by atoms with E-state index in [1.54, 1.807) is 12.1 Å². The first kappa shape index (κ1) is 21.9. The van der Waals surface area contributed by atoms with Gasteiger partial charge in [0.15, 0.2) is 0 Å². The van der Waals surface area contributed by atoms with Crippen molar-refractivity contribution in [2.45, 2.75) is 19.3 Å². The van der Waals surface area contributed by atoms with Crippen LogP contribution >= 0.6 is 0 Å². The van der Waals surface area contributed by atoms with Gasteiger partial charge in [0.25, 0.3) is 0 Å². The normalized spacial score (nSPS) is 9.94. The number of carbonyl (C=O) groups is 1. The van der Waals surface area contributed by atoms with Crippen LogP contribution in [0.1, 0.15) is 46.3 Å². The molecule has 0 aliphatic carbocycles. The number of unbranched alkanes of at least 4 members (excludes halogenated alkanes) is 2. The molecule has 4 rings (SSSR count). The van der Waals surface area contributed by atoms with Gasteiger partial charge in [-0.15, -0.1) is 0 Å². The summed E-state index contributed by atoms with van der Waals surface area (Å²) in [5.74, 6) is 12.4. The first-order valence-corrected chi connectivity index (χ1v) is 11.1. The van der Waals surface area contributed by atoms with Crippen LogP contribution in [0.4, 0.5) is 0 Å². The maximum atomic E-state index is 12.3. The lowest BCUT2D eigenvalue weighted by molar-refractivity contribution is 0.0499. The monoisotopic (exact) mass is 428 g/mol. The molecular weight excluding hydrogens is 404 g/mol. The molecule has 0 spiro atoms. The highest BCUT2D eigenvalue weighted by molar-refractivity contribution is 5.90. The smallest absolute Gasteiger partial charge is 0.338 e. The Balaban J connectivity index is 1.25. The Hall–Kier alpha value is -4.27. The first-order valence-electron chi connectivity index (χ1n) is 11.1. The summed E-state index contributed by atoms with van der Waals surface area (Å²) < 4.78 is 5.39. The molecule has 0 aliphatic rings. The van der Waals surface area contributed by atoms with Gasteiger partial charge in [-0.1, -0.05) is 78.3 Å². The minimum Gasteiger partial charge on any atom is -0.462 e. The number of ether oxygens (including phenoxy) is 1. The molecule has 0 unspecified atom stereocenters. The van der Waals surface area contributed by atoms with Gasteiger partial charge in [0.1, 0.15) is 0 Å². The number of hydrogen-bond acceptors (Lipinski definition) is 2. The molecule has 0 saturated heterocycles. The van der Waals surface area contributed by atoms with Gasteiger partial charge in [-0.05, 0) is 66.1 Å². The molecule has 0 aliphatic heterocycles. The minimum absolute atomic E-state index is 0.307. The Labute approximate surface area is 195 Å². The molecule has 160 valence electrons. The van der Waals surface area contributed by atoms with Gasteiger partial charge in [0.05, 0.1) is 12.2 Å². The van der Waals surface area contributed by atoms with Crippen LogP contribution in [-0.4, -0.2) is 12.6 Å². The van der Waals surface area contributed by atoms with Crippen molar-refractivity contribution in [2.24, 2.45) is 0 Å². The predicted molar refractivity (Wildman–Crippen MR) is 134 cm³/mol. The van der Waals surface area contributed by atoms with Gasteiger partial charge in [-0.25, -0.2) is 4.79 Å². The Morgan fingerprint density at radius 3 is 2.24 bits per heavy atom. The molecule has 0 aromatic heterocycles. The van der Waals surface area contributed by atoms with Crippen molar-refractivity contribution in [2.75, 3.05) is 6.61 Å². The number of benzene rings is 4. The highest BCUT2D eigenvalue weighted by Gasteiger charge is 2.06. The Bertz CT molecular complexity index is 1340. The van der Waals surface area contributed by atoms with E-state index in [1.165, 1.54) is 5.39 Å². The van der Waals surface area contributed by atoms with Crippen molar-refractivity contribution in [3.05, 3.63) is 119 Å². The van der Waals surface area contributed by atoms with Crippen LogP contribution < -0.4 is 0 Å². The van der Waals surface area contributed by atoms with Gasteiger partial charge in [-0.2, -0.15) is 0 Å². The molecule has 0 heterocycles. The molecule has 4 aromatic carbocycles. The summed E-state index contributed by atoms with van der Waals surface area (Å²) in [5, 5.41) is 2.31. The quantitative estimate of drug-likeness (QED) is 0.203. The highest BCUT2D eigenvalue weighted by atomic mass is 16.5. The Kier molecular flexibility index (Phi) is 7.57. The molecule has 0 fully saturated rings. The predicted octanol–water partition coefficient (Wildman–Crippen LogP) is 6.62. The zero-order valence-electron chi connectivity index (χ0n) is 18.4. The number of rotatable bonds is 5. The number of carbonyl (C=O) groups excluding carboxylic acids is 1. The zero-order chi connectivity index (χ0) is 22.7. The van der Waals surface area contributed by atoms with Gasteiger partial charge in [-0.3, -0.25) is 0 Å². The summed E-state index contributed by atoms with van der Waals surface area (Å²) in [6.07, 6.45) is 2.48. The highest BCUT2D eigenvalue weighted by Crippen LogP contribution is 2.17. The lowest BCUT2D eigenvalue weighted by atomic mass is 10.0. The van der Waals surface area contributed by atoms with E-state index in [9.17, 15) is 4.79 Å². The second-order valence-corrected chi connectivity index (χ2v) is 7.61. The lowest BCUT2D eigenvalue weighted by Gasteiger charge is -2.04. The van der Waals surface area contributed by atoms with Crippen LogP contribution in [-0.2, 0) is 4.74 Å². The SMILES string of the molecule is O=C(OCCCCC#Cc1ccccc1)c1ccc(C#Cc2cccc3ccccc23)cc1. The number of hydrogen-bond donors (Lipinski definition) is 0. The van der Waals surface area contributed by atoms with Crippen LogP contribution in [0.2, 0.25) is 0 Å². The average molecular weight is 429 g/mol. The van der Waals surface area contributed by atoms with Crippen LogP contribution in [0.3, 0.4) is 0 Å². The van der Waals surface area contributed by atoms with E-state index in [2.05, 4.69) is 41.9 Å². The second kappa shape index (κ2) is 11.4. The standard InChI is InChI=1S/C31H24O2/c32-31(33-24-9-2-1-4-11-25-12-5-3-6-13-25)29-22-19-26(20-23-29)18-21-28-16-10-15-27-14-7-8-17-30(27)28/h3,5-8,10,12-17,19-20,22-23H,1-2,9,24H2. The molecule has 0 radical (unpaired) electrons.